The Hall–Kier alpha value is -5.05. The molecular weight excluding hydrogens is 556 g/mol. The Morgan fingerprint density at radius 2 is 1.90 bits per heavy atom. The van der Waals surface area contributed by atoms with Crippen LogP contribution in [-0.4, -0.2) is 105 Å². The molecule has 212 valence electrons. The van der Waals surface area contributed by atoms with Crippen molar-refractivity contribution in [3.63, 3.8) is 0 Å². The van der Waals surface area contributed by atoms with E-state index in [-0.39, 0.29) is 18.5 Å². The van der Waals surface area contributed by atoms with Gasteiger partial charge < -0.3 is 19.3 Å². The molecule has 1 N–H and O–H groups in total. The Bertz CT molecular complexity index is 1570. The molecule has 3 aromatic rings. The number of halogens is 1. The molecule has 1 saturated heterocycles. The lowest BCUT2D eigenvalue weighted by molar-refractivity contribution is -0.135. The maximum absolute atomic E-state index is 12.7. The van der Waals surface area contributed by atoms with Gasteiger partial charge in [0.05, 0.1) is 18.3 Å². The smallest absolute Gasteiger partial charge is 0.328 e. The number of carbonyl (C=O) groups excluding carboxylic acids is 3. The molecule has 0 radical (unpaired) electrons. The first kappa shape index (κ1) is 27.5. The number of rotatable bonds is 7. The van der Waals surface area contributed by atoms with E-state index < -0.39 is 24.1 Å². The van der Waals surface area contributed by atoms with Gasteiger partial charge in [-0.1, -0.05) is 23.7 Å². The summed E-state index contributed by atoms with van der Waals surface area (Å²) >= 11 is 6.16. The van der Waals surface area contributed by atoms with Crippen LogP contribution in [-0.2, 0) is 16.1 Å². The number of tetrazole rings is 1. The fraction of sp³-hybridized carbons (Fsp3) is 0.280. The normalized spacial score (nSPS) is 18.6. The molecule has 2 aromatic carbocycles. The van der Waals surface area contributed by atoms with Gasteiger partial charge in [0.25, 0.3) is 17.8 Å². The molecule has 2 aliphatic rings. The molecule has 0 spiro atoms. The Balaban J connectivity index is 1.21. The zero-order valence-electron chi connectivity index (χ0n) is 22.4. The zero-order valence-corrected chi connectivity index (χ0v) is 23.2. The summed E-state index contributed by atoms with van der Waals surface area (Å²) in [5, 5.41) is 16.4. The zero-order chi connectivity index (χ0) is 29.3. The van der Waals surface area contributed by atoms with E-state index in [0.717, 1.165) is 9.70 Å². The van der Waals surface area contributed by atoms with Gasteiger partial charge in [-0.2, -0.15) is 9.90 Å². The largest absolute Gasteiger partial charge is 0.493 e. The number of nitrogens with zero attached hydrogens (tertiary/aromatic N) is 9. The van der Waals surface area contributed by atoms with Crippen LogP contribution in [0, 0.1) is 0 Å². The van der Waals surface area contributed by atoms with Gasteiger partial charge in [0.15, 0.2) is 23.7 Å². The summed E-state index contributed by atoms with van der Waals surface area (Å²) in [6.45, 7) is -0.207. The van der Waals surface area contributed by atoms with E-state index in [4.69, 9.17) is 21.1 Å². The molecule has 5 rings (SSSR count). The maximum Gasteiger partial charge on any atom is 0.328 e. The van der Waals surface area contributed by atoms with Gasteiger partial charge in [-0.3, -0.25) is 14.5 Å². The van der Waals surface area contributed by atoms with E-state index in [1.165, 1.54) is 25.3 Å². The second kappa shape index (κ2) is 11.2. The van der Waals surface area contributed by atoms with Gasteiger partial charge >= 0.3 is 6.03 Å². The predicted molar refractivity (Wildman–Crippen MR) is 146 cm³/mol. The van der Waals surface area contributed by atoms with E-state index in [9.17, 15) is 14.4 Å². The fourth-order valence-corrected chi connectivity index (χ4v) is 4.50. The molecule has 4 amide bonds. The molecule has 3 heterocycles. The van der Waals surface area contributed by atoms with Crippen LogP contribution < -0.4 is 14.9 Å². The molecule has 0 saturated carbocycles. The minimum Gasteiger partial charge on any atom is -0.493 e. The van der Waals surface area contributed by atoms with Gasteiger partial charge in [-0.15, -0.1) is 10.2 Å². The van der Waals surface area contributed by atoms with Crippen molar-refractivity contribution in [1.29, 1.82) is 0 Å². The number of aromatic nitrogens is 4. The quantitative estimate of drug-likeness (QED) is 0.318. The number of benzene rings is 2. The SMILES string of the molecule is COc1cc(/C=N\NC(=O)Cn2nnc(-c3ccccc3Cl)n2)ccc1OC1=N[C@@H]2[C@H](C(=O)N(C)C(=O)N2C)N1C. The van der Waals surface area contributed by atoms with Gasteiger partial charge in [0.2, 0.25) is 5.82 Å². The lowest BCUT2D eigenvalue weighted by atomic mass is 10.1. The molecule has 41 heavy (non-hydrogen) atoms. The van der Waals surface area contributed by atoms with Gasteiger partial charge in [0.1, 0.15) is 6.54 Å². The summed E-state index contributed by atoms with van der Waals surface area (Å²) in [6, 6.07) is 11.1. The third-order valence-corrected chi connectivity index (χ3v) is 6.79. The molecule has 2 aliphatic heterocycles. The van der Waals surface area contributed by atoms with E-state index in [0.29, 0.717) is 33.5 Å². The van der Waals surface area contributed by atoms with Crippen LogP contribution in [0.1, 0.15) is 5.56 Å². The van der Waals surface area contributed by atoms with Crippen molar-refractivity contribution in [2.45, 2.75) is 18.8 Å². The van der Waals surface area contributed by atoms with Crippen molar-refractivity contribution in [3.8, 4) is 22.9 Å². The molecular formula is C25H25ClN10O5. The number of hydrazone groups is 1. The fourth-order valence-electron chi connectivity index (χ4n) is 4.28. The highest BCUT2D eigenvalue weighted by atomic mass is 35.5. The Morgan fingerprint density at radius 1 is 1.12 bits per heavy atom. The Labute approximate surface area is 239 Å². The standard InChI is InChI=1S/C25H25ClN10O5/c1-33-20-22(34(2)25(39)35(3)23(20)38)28-24(33)41-17-10-9-14(11-18(17)40-4)12-27-29-19(37)13-36-31-21(30-32-36)15-7-5-6-8-16(15)26/h5-12,20,22H,13H2,1-4H3,(H,29,37)/b27-12-/t20-,22+/m1/s1. The summed E-state index contributed by atoms with van der Waals surface area (Å²) in [5.41, 5.74) is 3.62. The Kier molecular flexibility index (Phi) is 7.52. The second-order valence-corrected chi connectivity index (χ2v) is 9.51. The number of urea groups is 1. The van der Waals surface area contributed by atoms with Crippen molar-refractivity contribution in [3.05, 3.63) is 53.1 Å². The number of ether oxygens (including phenoxy) is 2. The van der Waals surface area contributed by atoms with Crippen LogP contribution in [0.2, 0.25) is 5.02 Å². The number of hydrogen-bond donors (Lipinski definition) is 1. The van der Waals surface area contributed by atoms with Gasteiger partial charge in [-0.05, 0) is 41.1 Å². The molecule has 1 aromatic heterocycles. The highest BCUT2D eigenvalue weighted by Crippen LogP contribution is 2.31. The van der Waals surface area contributed by atoms with Crippen molar-refractivity contribution in [2.75, 3.05) is 28.3 Å². The minimum atomic E-state index is -0.706. The third-order valence-electron chi connectivity index (χ3n) is 6.46. The molecule has 0 bridgehead atoms. The van der Waals surface area contributed by atoms with E-state index in [2.05, 4.69) is 30.9 Å². The van der Waals surface area contributed by atoms with Crippen molar-refractivity contribution in [2.24, 2.45) is 10.1 Å². The number of imide groups is 1. The second-order valence-electron chi connectivity index (χ2n) is 9.10. The summed E-state index contributed by atoms with van der Waals surface area (Å²) in [6.07, 6.45) is 0.722. The monoisotopic (exact) mass is 580 g/mol. The predicted octanol–water partition coefficient (Wildman–Crippen LogP) is 1.05. The minimum absolute atomic E-state index is 0.162. The van der Waals surface area contributed by atoms with Crippen molar-refractivity contribution >= 4 is 41.7 Å². The number of hydrogen-bond acceptors (Lipinski definition) is 11. The molecule has 16 heteroatoms. The average Bonchev–Trinajstić information content (AvgIpc) is 3.55. The number of amides is 4. The lowest BCUT2D eigenvalue weighted by Crippen LogP contribution is -2.63. The summed E-state index contributed by atoms with van der Waals surface area (Å²) < 4.78 is 11.4. The van der Waals surface area contributed by atoms with E-state index >= 15 is 0 Å². The van der Waals surface area contributed by atoms with Gasteiger partial charge in [0, 0.05) is 26.7 Å². The van der Waals surface area contributed by atoms with Crippen molar-refractivity contribution < 1.29 is 23.9 Å². The highest BCUT2D eigenvalue weighted by molar-refractivity contribution is 6.33. The molecule has 0 aliphatic carbocycles. The molecule has 0 unspecified atom stereocenters. The number of nitrogens with one attached hydrogen (secondary N) is 1. The van der Waals surface area contributed by atoms with Gasteiger partial charge in [-0.25, -0.2) is 15.2 Å². The van der Waals surface area contributed by atoms with Crippen LogP contribution in [0.4, 0.5) is 4.79 Å². The van der Waals surface area contributed by atoms with Crippen LogP contribution in [0.5, 0.6) is 11.5 Å². The molecule has 1 fully saturated rings. The lowest BCUT2D eigenvalue weighted by Gasteiger charge is -2.38. The number of aliphatic imine (C=N–C) groups is 1. The molecule has 2 atom stereocenters. The number of amidine groups is 1. The topological polar surface area (TPSA) is 160 Å². The molecule has 15 nitrogen and oxygen atoms in total. The van der Waals surface area contributed by atoms with E-state index in [1.807, 2.05) is 0 Å². The van der Waals surface area contributed by atoms with Crippen molar-refractivity contribution in [1.82, 2.24) is 40.3 Å². The average molecular weight is 581 g/mol. The summed E-state index contributed by atoms with van der Waals surface area (Å²) in [5.74, 6) is 0.152. The van der Waals surface area contributed by atoms with E-state index in [1.54, 1.807) is 61.5 Å². The maximum atomic E-state index is 12.7. The summed E-state index contributed by atoms with van der Waals surface area (Å²) in [4.78, 5) is 46.9. The van der Waals surface area contributed by atoms with Crippen LogP contribution in [0.15, 0.2) is 52.6 Å². The highest BCUT2D eigenvalue weighted by Gasteiger charge is 2.50. The summed E-state index contributed by atoms with van der Waals surface area (Å²) in [7, 11) is 6.15. The van der Waals surface area contributed by atoms with Crippen LogP contribution in [0.3, 0.4) is 0 Å². The number of carbonyl (C=O) groups is 3. The van der Waals surface area contributed by atoms with Crippen LogP contribution >= 0.6 is 11.6 Å². The first-order chi connectivity index (χ1) is 19.7. The third kappa shape index (κ3) is 5.38. The van der Waals surface area contributed by atoms with Crippen LogP contribution in [0.25, 0.3) is 11.4 Å². The Morgan fingerprint density at radius 3 is 2.66 bits per heavy atom. The first-order valence-corrected chi connectivity index (χ1v) is 12.6. The number of likely N-dealkylation sites (N-methyl/N-ethyl adjacent to an activating group) is 3. The number of methoxy groups -OCH3 is 1. The number of fused-ring (bicyclic) bond motifs is 1. The first-order valence-electron chi connectivity index (χ1n) is 12.2.